The van der Waals surface area contributed by atoms with E-state index in [4.69, 9.17) is 14.2 Å². The average molecular weight is 656 g/mol. The van der Waals surface area contributed by atoms with Crippen LogP contribution in [0, 0.1) is 0 Å². The Hall–Kier alpha value is -0.690. The van der Waals surface area contributed by atoms with Gasteiger partial charge in [0.05, 0.1) is 13.2 Å². The molecule has 1 N–H and O–H groups in total. The van der Waals surface area contributed by atoms with Gasteiger partial charge in [-0.25, -0.2) is 0 Å². The van der Waals surface area contributed by atoms with Crippen molar-refractivity contribution in [3.05, 3.63) is 0 Å². The minimum Gasteiger partial charge on any atom is -0.466 e. The maximum Gasteiger partial charge on any atom is 0.305 e. The van der Waals surface area contributed by atoms with Gasteiger partial charge in [-0.3, -0.25) is 4.79 Å². The first kappa shape index (κ1) is 45.3. The number of aliphatic hydroxyl groups excluding tert-OH is 1. The predicted molar refractivity (Wildman–Crippen MR) is 196 cm³/mol. The van der Waals surface area contributed by atoms with Crippen molar-refractivity contribution in [2.24, 2.45) is 0 Å². The number of nitrogens with zero attached hydrogens (tertiary/aromatic N) is 1. The number of esters is 1. The highest BCUT2D eigenvalue weighted by molar-refractivity contribution is 5.69. The summed E-state index contributed by atoms with van der Waals surface area (Å²) in [5.41, 5.74) is 0. The molecule has 0 aliphatic rings. The molecule has 0 spiro atoms. The van der Waals surface area contributed by atoms with Crippen molar-refractivity contribution in [2.45, 2.75) is 207 Å². The van der Waals surface area contributed by atoms with Gasteiger partial charge in [-0.05, 0) is 64.5 Å². The second kappa shape index (κ2) is 38.8. The van der Waals surface area contributed by atoms with Gasteiger partial charge in [-0.2, -0.15) is 0 Å². The van der Waals surface area contributed by atoms with E-state index >= 15 is 0 Å². The summed E-state index contributed by atoms with van der Waals surface area (Å²) < 4.78 is 17.8. The molecular formula is C40H81NO5. The van der Waals surface area contributed by atoms with Crippen molar-refractivity contribution in [1.82, 2.24) is 4.90 Å². The number of hydrogen-bond acceptors (Lipinski definition) is 6. The molecule has 0 saturated carbocycles. The molecule has 0 aromatic rings. The van der Waals surface area contributed by atoms with Crippen molar-refractivity contribution in [3.63, 3.8) is 0 Å². The van der Waals surface area contributed by atoms with E-state index < -0.39 is 0 Å². The first-order valence-electron chi connectivity index (χ1n) is 20.4. The van der Waals surface area contributed by atoms with Gasteiger partial charge < -0.3 is 24.2 Å². The Balaban J connectivity index is 4.00. The second-order valence-electron chi connectivity index (χ2n) is 13.6. The molecule has 0 rings (SSSR count). The summed E-state index contributed by atoms with van der Waals surface area (Å²) in [5.74, 6) is -0.0264. The Morgan fingerprint density at radius 2 is 0.913 bits per heavy atom. The zero-order valence-corrected chi connectivity index (χ0v) is 31.4. The van der Waals surface area contributed by atoms with Crippen molar-refractivity contribution in [2.75, 3.05) is 46.1 Å². The van der Waals surface area contributed by atoms with Gasteiger partial charge in [0.1, 0.15) is 0 Å². The summed E-state index contributed by atoms with van der Waals surface area (Å²) in [7, 11) is 0. The van der Waals surface area contributed by atoms with Crippen molar-refractivity contribution < 1.29 is 24.1 Å². The number of ether oxygens (including phenoxy) is 3. The molecule has 0 bridgehead atoms. The molecule has 0 amide bonds. The van der Waals surface area contributed by atoms with Crippen LogP contribution in [0.25, 0.3) is 0 Å². The summed E-state index contributed by atoms with van der Waals surface area (Å²) >= 11 is 0. The fourth-order valence-electron chi connectivity index (χ4n) is 5.98. The van der Waals surface area contributed by atoms with Crippen LogP contribution in [0.15, 0.2) is 0 Å². The number of hydrogen-bond donors (Lipinski definition) is 1. The highest BCUT2D eigenvalue weighted by Gasteiger charge is 2.10. The molecule has 0 heterocycles. The zero-order chi connectivity index (χ0) is 33.6. The SMILES string of the molecule is CCCCCCCCOC(CCCCCCN(CCO)CCCCCCCC(=O)OCCCCCCC)OCCCCCCCC. The summed E-state index contributed by atoms with van der Waals surface area (Å²) in [6, 6.07) is 0. The number of aliphatic hydroxyl groups is 1. The van der Waals surface area contributed by atoms with E-state index in [0.29, 0.717) is 13.0 Å². The lowest BCUT2D eigenvalue weighted by molar-refractivity contribution is -0.148. The van der Waals surface area contributed by atoms with Crippen molar-refractivity contribution in [1.29, 1.82) is 0 Å². The number of rotatable bonds is 39. The van der Waals surface area contributed by atoms with Crippen LogP contribution in [-0.2, 0) is 19.0 Å². The van der Waals surface area contributed by atoms with E-state index in [9.17, 15) is 9.90 Å². The molecule has 0 aromatic heterocycles. The van der Waals surface area contributed by atoms with Gasteiger partial charge in [-0.15, -0.1) is 0 Å². The Morgan fingerprint density at radius 1 is 0.500 bits per heavy atom. The molecule has 0 fully saturated rings. The average Bonchev–Trinajstić information content (AvgIpc) is 3.06. The summed E-state index contributed by atoms with van der Waals surface area (Å²) in [5, 5.41) is 9.55. The van der Waals surface area contributed by atoms with E-state index in [2.05, 4.69) is 25.7 Å². The number of carbonyl (C=O) groups is 1. The molecule has 0 aliphatic carbocycles. The van der Waals surface area contributed by atoms with Crippen LogP contribution in [0.5, 0.6) is 0 Å². The summed E-state index contributed by atoms with van der Waals surface area (Å²) in [6.45, 7) is 12.1. The Morgan fingerprint density at radius 3 is 1.41 bits per heavy atom. The smallest absolute Gasteiger partial charge is 0.305 e. The van der Waals surface area contributed by atoms with Crippen LogP contribution in [0.2, 0.25) is 0 Å². The van der Waals surface area contributed by atoms with E-state index in [1.807, 2.05) is 0 Å². The molecule has 46 heavy (non-hydrogen) atoms. The van der Waals surface area contributed by atoms with Crippen molar-refractivity contribution >= 4 is 5.97 Å². The van der Waals surface area contributed by atoms with Gasteiger partial charge in [0.2, 0.25) is 0 Å². The van der Waals surface area contributed by atoms with Gasteiger partial charge >= 0.3 is 5.97 Å². The second-order valence-corrected chi connectivity index (χ2v) is 13.6. The first-order valence-corrected chi connectivity index (χ1v) is 20.4. The van der Waals surface area contributed by atoms with Crippen LogP contribution in [0.4, 0.5) is 0 Å². The highest BCUT2D eigenvalue weighted by Crippen LogP contribution is 2.14. The zero-order valence-electron chi connectivity index (χ0n) is 31.4. The van der Waals surface area contributed by atoms with Crippen LogP contribution in [0.3, 0.4) is 0 Å². The third kappa shape index (κ3) is 34.6. The molecule has 6 nitrogen and oxygen atoms in total. The van der Waals surface area contributed by atoms with Gasteiger partial charge in [-0.1, -0.05) is 143 Å². The van der Waals surface area contributed by atoms with Crippen LogP contribution < -0.4 is 0 Å². The molecule has 0 atom stereocenters. The lowest BCUT2D eigenvalue weighted by atomic mass is 10.1. The van der Waals surface area contributed by atoms with Gasteiger partial charge in [0.25, 0.3) is 0 Å². The van der Waals surface area contributed by atoms with Crippen LogP contribution in [0.1, 0.15) is 201 Å². The van der Waals surface area contributed by atoms with E-state index in [-0.39, 0.29) is 18.9 Å². The highest BCUT2D eigenvalue weighted by atomic mass is 16.7. The topological polar surface area (TPSA) is 68.2 Å². The fraction of sp³-hybridized carbons (Fsp3) is 0.975. The van der Waals surface area contributed by atoms with E-state index in [0.717, 1.165) is 84.2 Å². The molecule has 0 aromatic carbocycles. The normalized spacial score (nSPS) is 11.7. The summed E-state index contributed by atoms with van der Waals surface area (Å²) in [4.78, 5) is 14.3. The molecule has 0 aliphatic heterocycles. The number of carbonyl (C=O) groups excluding carboxylic acids is 1. The maximum atomic E-state index is 11.9. The minimum atomic E-state index is -0.0388. The number of unbranched alkanes of at least 4 members (excludes halogenated alkanes) is 21. The van der Waals surface area contributed by atoms with Crippen LogP contribution >= 0.6 is 0 Å². The van der Waals surface area contributed by atoms with Gasteiger partial charge in [0, 0.05) is 26.2 Å². The molecule has 6 heteroatoms. The Kier molecular flexibility index (Phi) is 38.2. The Bertz CT molecular complexity index is 572. The Labute approximate surface area is 287 Å². The molecule has 0 unspecified atom stereocenters. The fourth-order valence-corrected chi connectivity index (χ4v) is 5.98. The molecule has 0 saturated heterocycles. The largest absolute Gasteiger partial charge is 0.466 e. The third-order valence-electron chi connectivity index (χ3n) is 9.05. The third-order valence-corrected chi connectivity index (χ3v) is 9.05. The van der Waals surface area contributed by atoms with Crippen LogP contribution in [-0.4, -0.2) is 68.3 Å². The standard InChI is InChI=1S/C40H81NO5/c1-4-7-10-13-21-28-37-45-40(46-38-29-22-14-11-8-5-2)31-24-17-19-26-33-41(34-35-42)32-25-18-15-16-23-30-39(43)44-36-27-20-12-9-6-3/h40,42H,4-38H2,1-3H3. The monoisotopic (exact) mass is 656 g/mol. The summed E-state index contributed by atoms with van der Waals surface area (Å²) in [6.07, 6.45) is 33.2. The molecule has 276 valence electrons. The lowest BCUT2D eigenvalue weighted by Gasteiger charge is -2.21. The van der Waals surface area contributed by atoms with E-state index in [1.54, 1.807) is 0 Å². The van der Waals surface area contributed by atoms with E-state index in [1.165, 1.54) is 122 Å². The van der Waals surface area contributed by atoms with Gasteiger partial charge in [0.15, 0.2) is 6.29 Å². The lowest BCUT2D eigenvalue weighted by Crippen LogP contribution is -2.29. The maximum absolute atomic E-state index is 11.9. The molecule has 0 radical (unpaired) electrons. The molecular weight excluding hydrogens is 574 g/mol. The quantitative estimate of drug-likeness (QED) is 0.0404. The minimum absolute atomic E-state index is 0.0264. The first-order chi connectivity index (χ1) is 22.7. The van der Waals surface area contributed by atoms with Crippen molar-refractivity contribution in [3.8, 4) is 0 Å². The predicted octanol–water partition coefficient (Wildman–Crippen LogP) is 11.2.